The summed E-state index contributed by atoms with van der Waals surface area (Å²) in [6.07, 6.45) is 2.11. The zero-order valence-electron chi connectivity index (χ0n) is 7.54. The standard InChI is InChI=1S/C10H10ClNS/c1-3-10-12(2)8-6-7(11)4-5-9(8)13-10/h3-6H,1-2H3. The van der Waals surface area contributed by atoms with E-state index in [1.807, 2.05) is 19.1 Å². The lowest BCUT2D eigenvalue weighted by atomic mass is 10.3. The van der Waals surface area contributed by atoms with Crippen molar-refractivity contribution in [2.24, 2.45) is 0 Å². The van der Waals surface area contributed by atoms with E-state index in [0.29, 0.717) is 0 Å². The third-order valence-electron chi connectivity index (χ3n) is 2.07. The predicted molar refractivity (Wildman–Crippen MR) is 59.5 cm³/mol. The summed E-state index contributed by atoms with van der Waals surface area (Å²) in [6, 6.07) is 6.00. The Labute approximate surface area is 87.4 Å². The van der Waals surface area contributed by atoms with Crippen molar-refractivity contribution < 1.29 is 0 Å². The first-order valence-corrected chi connectivity index (χ1v) is 5.29. The van der Waals surface area contributed by atoms with E-state index < -0.39 is 0 Å². The first-order valence-electron chi connectivity index (χ1n) is 4.10. The van der Waals surface area contributed by atoms with Crippen LogP contribution >= 0.6 is 23.4 Å². The molecule has 0 radical (unpaired) electrons. The number of anilines is 1. The van der Waals surface area contributed by atoms with Crippen LogP contribution in [0.25, 0.3) is 0 Å². The van der Waals surface area contributed by atoms with Crippen LogP contribution in [0.4, 0.5) is 5.69 Å². The number of benzene rings is 1. The first kappa shape index (κ1) is 8.97. The van der Waals surface area contributed by atoms with Gasteiger partial charge in [-0.05, 0) is 25.1 Å². The molecule has 0 bridgehead atoms. The number of fused-ring (bicyclic) bond motifs is 1. The van der Waals surface area contributed by atoms with Gasteiger partial charge in [-0.15, -0.1) is 0 Å². The molecule has 1 aromatic carbocycles. The maximum Gasteiger partial charge on any atom is 0.0755 e. The molecule has 0 fully saturated rings. The molecule has 13 heavy (non-hydrogen) atoms. The van der Waals surface area contributed by atoms with Crippen molar-refractivity contribution in [3.63, 3.8) is 0 Å². The van der Waals surface area contributed by atoms with Gasteiger partial charge in [-0.2, -0.15) is 0 Å². The van der Waals surface area contributed by atoms with Crippen LogP contribution in [-0.2, 0) is 0 Å². The summed E-state index contributed by atoms with van der Waals surface area (Å²) >= 11 is 7.71. The average Bonchev–Trinajstić information content (AvgIpc) is 2.44. The smallest absolute Gasteiger partial charge is 0.0755 e. The van der Waals surface area contributed by atoms with E-state index in [-0.39, 0.29) is 0 Å². The van der Waals surface area contributed by atoms with Gasteiger partial charge in [0.1, 0.15) is 0 Å². The molecule has 0 amide bonds. The fourth-order valence-corrected chi connectivity index (χ4v) is 2.57. The van der Waals surface area contributed by atoms with Gasteiger partial charge in [0, 0.05) is 17.0 Å². The van der Waals surface area contributed by atoms with Crippen LogP contribution in [0.3, 0.4) is 0 Å². The van der Waals surface area contributed by atoms with Crippen molar-refractivity contribution in [2.45, 2.75) is 11.8 Å². The van der Waals surface area contributed by atoms with Gasteiger partial charge in [0.05, 0.1) is 10.7 Å². The van der Waals surface area contributed by atoms with Gasteiger partial charge in [0.25, 0.3) is 0 Å². The van der Waals surface area contributed by atoms with E-state index in [1.54, 1.807) is 11.8 Å². The molecule has 0 saturated carbocycles. The highest BCUT2D eigenvalue weighted by Gasteiger charge is 2.20. The quantitative estimate of drug-likeness (QED) is 0.643. The molecule has 1 aromatic rings. The number of thioether (sulfide) groups is 1. The number of hydrogen-bond acceptors (Lipinski definition) is 2. The highest BCUT2D eigenvalue weighted by Crippen LogP contribution is 2.45. The van der Waals surface area contributed by atoms with Crippen LogP contribution in [0.15, 0.2) is 34.2 Å². The maximum atomic E-state index is 5.92. The summed E-state index contributed by atoms with van der Waals surface area (Å²) in [5.41, 5.74) is 1.20. The lowest BCUT2D eigenvalue weighted by Gasteiger charge is -2.12. The van der Waals surface area contributed by atoms with Crippen LogP contribution in [0, 0.1) is 0 Å². The van der Waals surface area contributed by atoms with E-state index in [2.05, 4.69) is 24.1 Å². The molecule has 1 aliphatic rings. The molecule has 3 heteroatoms. The van der Waals surface area contributed by atoms with Crippen molar-refractivity contribution in [2.75, 3.05) is 11.9 Å². The minimum atomic E-state index is 0.795. The Morgan fingerprint density at radius 2 is 2.23 bits per heavy atom. The second-order valence-electron chi connectivity index (χ2n) is 2.90. The van der Waals surface area contributed by atoms with Crippen molar-refractivity contribution in [1.82, 2.24) is 0 Å². The molecular weight excluding hydrogens is 202 g/mol. The Bertz CT molecular complexity index is 373. The lowest BCUT2D eigenvalue weighted by molar-refractivity contribution is 1.17. The van der Waals surface area contributed by atoms with Crippen LogP contribution in [0.2, 0.25) is 5.02 Å². The predicted octanol–water partition coefficient (Wildman–Crippen LogP) is 3.74. The van der Waals surface area contributed by atoms with Crippen LogP contribution in [0.5, 0.6) is 0 Å². The second kappa shape index (κ2) is 3.28. The summed E-state index contributed by atoms with van der Waals surface area (Å²) in [5, 5.41) is 2.06. The Morgan fingerprint density at radius 1 is 1.46 bits per heavy atom. The highest BCUT2D eigenvalue weighted by molar-refractivity contribution is 8.03. The molecule has 0 N–H and O–H groups in total. The van der Waals surface area contributed by atoms with Gasteiger partial charge in [-0.3, -0.25) is 0 Å². The van der Waals surface area contributed by atoms with Crippen LogP contribution < -0.4 is 4.90 Å². The molecule has 1 heterocycles. The largest absolute Gasteiger partial charge is 0.338 e. The number of hydrogen-bond donors (Lipinski definition) is 0. The van der Waals surface area contributed by atoms with Crippen LogP contribution in [0.1, 0.15) is 6.92 Å². The molecule has 1 aliphatic heterocycles. The SMILES string of the molecule is CC=C1Sc2ccc(Cl)cc2N1C. The van der Waals surface area contributed by atoms with Gasteiger partial charge < -0.3 is 4.90 Å². The third kappa shape index (κ3) is 1.45. The van der Waals surface area contributed by atoms with Gasteiger partial charge in [0.2, 0.25) is 0 Å². The molecule has 0 aromatic heterocycles. The molecule has 0 saturated heterocycles. The maximum absolute atomic E-state index is 5.92. The Hall–Kier alpha value is -0.600. The lowest BCUT2D eigenvalue weighted by Crippen LogP contribution is -2.08. The average molecular weight is 212 g/mol. The number of rotatable bonds is 0. The normalized spacial score (nSPS) is 18.1. The van der Waals surface area contributed by atoms with Gasteiger partial charge >= 0.3 is 0 Å². The fourth-order valence-electron chi connectivity index (χ4n) is 1.39. The van der Waals surface area contributed by atoms with Crippen molar-refractivity contribution in [3.8, 4) is 0 Å². The highest BCUT2D eigenvalue weighted by atomic mass is 35.5. The molecule has 0 spiro atoms. The monoisotopic (exact) mass is 211 g/mol. The molecule has 0 atom stereocenters. The minimum Gasteiger partial charge on any atom is -0.338 e. The number of halogens is 1. The van der Waals surface area contributed by atoms with E-state index in [9.17, 15) is 0 Å². The summed E-state index contributed by atoms with van der Waals surface area (Å²) in [6.45, 7) is 2.05. The Balaban J connectivity index is 2.50. The molecule has 1 nitrogen and oxygen atoms in total. The van der Waals surface area contributed by atoms with Gasteiger partial charge in [-0.1, -0.05) is 29.4 Å². The van der Waals surface area contributed by atoms with Crippen molar-refractivity contribution in [1.29, 1.82) is 0 Å². The summed E-state index contributed by atoms with van der Waals surface area (Å²) in [7, 11) is 2.06. The molecular formula is C10H10ClNS. The van der Waals surface area contributed by atoms with Crippen molar-refractivity contribution in [3.05, 3.63) is 34.3 Å². The Kier molecular flexibility index (Phi) is 2.26. The zero-order chi connectivity index (χ0) is 9.42. The number of allylic oxidation sites excluding steroid dienone is 1. The van der Waals surface area contributed by atoms with E-state index in [0.717, 1.165) is 5.02 Å². The van der Waals surface area contributed by atoms with Crippen molar-refractivity contribution >= 4 is 29.1 Å². The second-order valence-corrected chi connectivity index (χ2v) is 4.40. The third-order valence-corrected chi connectivity index (χ3v) is 3.59. The van der Waals surface area contributed by atoms with E-state index in [1.165, 1.54) is 15.6 Å². The topological polar surface area (TPSA) is 3.24 Å². The van der Waals surface area contributed by atoms with E-state index in [4.69, 9.17) is 11.6 Å². The van der Waals surface area contributed by atoms with E-state index >= 15 is 0 Å². The minimum absolute atomic E-state index is 0.795. The summed E-state index contributed by atoms with van der Waals surface area (Å²) < 4.78 is 0. The first-order chi connectivity index (χ1) is 6.22. The van der Waals surface area contributed by atoms with Gasteiger partial charge in [-0.25, -0.2) is 0 Å². The molecule has 2 rings (SSSR count). The summed E-state index contributed by atoms with van der Waals surface area (Å²) in [4.78, 5) is 3.44. The van der Waals surface area contributed by atoms with Gasteiger partial charge in [0.15, 0.2) is 0 Å². The van der Waals surface area contributed by atoms with Crippen LogP contribution in [-0.4, -0.2) is 7.05 Å². The molecule has 68 valence electrons. The number of nitrogens with zero attached hydrogens (tertiary/aromatic N) is 1. The molecule has 0 unspecified atom stereocenters. The fraction of sp³-hybridized carbons (Fsp3) is 0.200. The Morgan fingerprint density at radius 3 is 2.92 bits per heavy atom. The summed E-state index contributed by atoms with van der Waals surface area (Å²) in [5.74, 6) is 0. The molecule has 0 aliphatic carbocycles. The zero-order valence-corrected chi connectivity index (χ0v) is 9.12.